The van der Waals surface area contributed by atoms with Crippen LogP contribution in [0, 0.1) is 5.39 Å². The van der Waals surface area contributed by atoms with Gasteiger partial charge in [-0.15, -0.1) is 0 Å². The van der Waals surface area contributed by atoms with Crippen LogP contribution in [0.25, 0.3) is 4.98 Å². The van der Waals surface area contributed by atoms with Crippen molar-refractivity contribution >= 4 is 11.4 Å². The molecule has 0 N–H and O–H groups in total. The summed E-state index contributed by atoms with van der Waals surface area (Å²) in [5, 5.41) is 9.01. The second kappa shape index (κ2) is 10.1. The maximum Gasteiger partial charge on any atom is 0.387 e. The Hall–Kier alpha value is -1.80. The molecule has 1 aliphatic rings. The van der Waals surface area contributed by atoms with Crippen LogP contribution < -0.4 is 9.64 Å². The molecule has 1 aromatic rings. The number of benzene rings is 1. The summed E-state index contributed by atoms with van der Waals surface area (Å²) in [6.45, 7) is 6.08. The molecule has 0 atom stereocenters. The third kappa shape index (κ3) is 5.72. The number of rotatable bonds is 9. The molecule has 1 fully saturated rings. The fourth-order valence-corrected chi connectivity index (χ4v) is 2.81. The highest BCUT2D eigenvalue weighted by atomic mass is 16.5. The van der Waals surface area contributed by atoms with Gasteiger partial charge in [0.15, 0.2) is 4.98 Å². The van der Waals surface area contributed by atoms with E-state index in [1.807, 2.05) is 12.1 Å². The van der Waals surface area contributed by atoms with E-state index in [9.17, 15) is 0 Å². The molecule has 1 heterocycles. The molecule has 126 valence electrons. The van der Waals surface area contributed by atoms with Crippen molar-refractivity contribution in [2.45, 2.75) is 45.4 Å². The predicted octanol–water partition coefficient (Wildman–Crippen LogP) is 4.75. The highest BCUT2D eigenvalue weighted by Gasteiger charge is 2.19. The van der Waals surface area contributed by atoms with Gasteiger partial charge in [-0.3, -0.25) is 0 Å². The predicted molar refractivity (Wildman–Crippen MR) is 93.1 cm³/mol. The Balaban J connectivity index is 1.88. The molecule has 0 bridgehead atoms. The number of morpholine rings is 1. The molecular formula is C18H28N3O2+. The van der Waals surface area contributed by atoms with Crippen molar-refractivity contribution in [2.24, 2.45) is 0 Å². The first kappa shape index (κ1) is 17.6. The molecule has 5 heteroatoms. The van der Waals surface area contributed by atoms with Crippen LogP contribution in [0.1, 0.15) is 45.4 Å². The first-order chi connectivity index (χ1) is 11.3. The Morgan fingerprint density at radius 1 is 1.13 bits per heavy atom. The minimum atomic E-state index is 0.554. The Morgan fingerprint density at radius 2 is 1.87 bits per heavy atom. The Labute approximate surface area is 139 Å². The zero-order valence-corrected chi connectivity index (χ0v) is 14.2. The average Bonchev–Trinajstić information content (AvgIpc) is 2.62. The van der Waals surface area contributed by atoms with Crippen molar-refractivity contribution in [1.82, 2.24) is 0 Å². The number of unbranched alkanes of at least 4 members (excludes halogenated alkanes) is 5. The monoisotopic (exact) mass is 318 g/mol. The summed E-state index contributed by atoms with van der Waals surface area (Å²) in [7, 11) is 0. The van der Waals surface area contributed by atoms with Crippen molar-refractivity contribution in [3.8, 4) is 5.75 Å². The van der Waals surface area contributed by atoms with E-state index in [0.29, 0.717) is 5.69 Å². The molecule has 5 nitrogen and oxygen atoms in total. The smallest absolute Gasteiger partial charge is 0.387 e. The lowest BCUT2D eigenvalue weighted by Gasteiger charge is -2.29. The fraction of sp³-hybridized carbons (Fsp3) is 0.667. The molecule has 2 rings (SSSR count). The van der Waals surface area contributed by atoms with Gasteiger partial charge in [0.25, 0.3) is 0 Å². The number of anilines is 1. The van der Waals surface area contributed by atoms with Crippen molar-refractivity contribution in [2.75, 3.05) is 37.8 Å². The van der Waals surface area contributed by atoms with E-state index in [4.69, 9.17) is 14.9 Å². The van der Waals surface area contributed by atoms with Crippen molar-refractivity contribution in [3.05, 3.63) is 23.2 Å². The van der Waals surface area contributed by atoms with E-state index in [0.717, 1.165) is 50.8 Å². The molecule has 0 radical (unpaired) electrons. The van der Waals surface area contributed by atoms with Gasteiger partial charge >= 0.3 is 5.69 Å². The Bertz CT molecular complexity index is 507. The van der Waals surface area contributed by atoms with Crippen LogP contribution in [-0.2, 0) is 4.74 Å². The van der Waals surface area contributed by atoms with Gasteiger partial charge < -0.3 is 14.4 Å². The van der Waals surface area contributed by atoms with Gasteiger partial charge in [0, 0.05) is 19.2 Å². The Kier molecular flexibility index (Phi) is 7.68. The summed E-state index contributed by atoms with van der Waals surface area (Å²) >= 11 is 0. The quantitative estimate of drug-likeness (QED) is 0.487. The van der Waals surface area contributed by atoms with Crippen LogP contribution in [0.15, 0.2) is 18.2 Å². The fourth-order valence-electron chi connectivity index (χ4n) is 2.81. The molecule has 1 aliphatic heterocycles. The molecule has 1 saturated heterocycles. The molecule has 0 spiro atoms. The summed E-state index contributed by atoms with van der Waals surface area (Å²) in [5.41, 5.74) is 1.55. The SMILES string of the molecule is CCCCCCCCOc1ccc([N+]#N)cc1N1CCOCC1. The summed E-state index contributed by atoms with van der Waals surface area (Å²) in [5.74, 6) is 0.868. The minimum Gasteiger partial charge on any atom is -0.491 e. The first-order valence-electron chi connectivity index (χ1n) is 8.79. The summed E-state index contributed by atoms with van der Waals surface area (Å²) in [4.78, 5) is 5.52. The minimum absolute atomic E-state index is 0.554. The van der Waals surface area contributed by atoms with Gasteiger partial charge in [0.05, 0.1) is 31.6 Å². The largest absolute Gasteiger partial charge is 0.491 e. The number of nitrogens with zero attached hydrogens (tertiary/aromatic N) is 3. The van der Waals surface area contributed by atoms with Crippen LogP contribution in [0.2, 0.25) is 0 Å². The van der Waals surface area contributed by atoms with Gasteiger partial charge in [-0.25, -0.2) is 0 Å². The number of ether oxygens (including phenoxy) is 2. The van der Waals surface area contributed by atoms with E-state index in [1.54, 1.807) is 6.07 Å². The first-order valence-corrected chi connectivity index (χ1v) is 8.79. The molecule has 0 aromatic heterocycles. The standard InChI is InChI=1S/C18H28N3O2/c1-2-3-4-5-6-7-12-23-18-9-8-16(20-19)15-17(18)21-10-13-22-14-11-21/h8-9,15H,2-7,10-14H2,1H3/q+1. The van der Waals surface area contributed by atoms with Crippen LogP contribution >= 0.6 is 0 Å². The lowest BCUT2D eigenvalue weighted by Crippen LogP contribution is -2.36. The number of diazo groups is 1. The van der Waals surface area contributed by atoms with Crippen LogP contribution in [-0.4, -0.2) is 32.9 Å². The highest BCUT2D eigenvalue weighted by molar-refractivity contribution is 5.66. The average molecular weight is 318 g/mol. The summed E-state index contributed by atoms with van der Waals surface area (Å²) in [6, 6.07) is 5.55. The van der Waals surface area contributed by atoms with Crippen LogP contribution in [0.5, 0.6) is 5.75 Å². The second-order valence-electron chi connectivity index (χ2n) is 5.97. The van der Waals surface area contributed by atoms with E-state index >= 15 is 0 Å². The van der Waals surface area contributed by atoms with Gasteiger partial charge in [-0.2, -0.15) is 0 Å². The van der Waals surface area contributed by atoms with Gasteiger partial charge in [0.1, 0.15) is 5.75 Å². The molecular weight excluding hydrogens is 290 g/mol. The zero-order valence-electron chi connectivity index (χ0n) is 14.2. The topological polar surface area (TPSA) is 49.8 Å². The van der Waals surface area contributed by atoms with Gasteiger partial charge in [-0.05, 0) is 12.5 Å². The van der Waals surface area contributed by atoms with Crippen LogP contribution in [0.4, 0.5) is 11.4 Å². The van der Waals surface area contributed by atoms with E-state index in [1.165, 1.54) is 32.1 Å². The third-order valence-electron chi connectivity index (χ3n) is 4.17. The summed E-state index contributed by atoms with van der Waals surface area (Å²) < 4.78 is 11.4. The summed E-state index contributed by atoms with van der Waals surface area (Å²) in [6.07, 6.45) is 7.52. The third-order valence-corrected chi connectivity index (χ3v) is 4.17. The highest BCUT2D eigenvalue weighted by Crippen LogP contribution is 2.33. The van der Waals surface area contributed by atoms with Crippen LogP contribution in [0.3, 0.4) is 0 Å². The molecule has 0 amide bonds. The normalized spacial score (nSPS) is 14.5. The molecule has 1 aromatic carbocycles. The van der Waals surface area contributed by atoms with Gasteiger partial charge in [0.2, 0.25) is 5.39 Å². The van der Waals surface area contributed by atoms with Crippen molar-refractivity contribution < 1.29 is 9.47 Å². The lowest BCUT2D eigenvalue weighted by molar-refractivity contribution is 0.122. The van der Waals surface area contributed by atoms with Crippen molar-refractivity contribution in [1.29, 1.82) is 5.39 Å². The lowest BCUT2D eigenvalue weighted by atomic mass is 10.1. The maximum absolute atomic E-state index is 9.01. The number of hydrogen-bond acceptors (Lipinski definition) is 4. The maximum atomic E-state index is 9.01. The Morgan fingerprint density at radius 3 is 2.61 bits per heavy atom. The van der Waals surface area contributed by atoms with E-state index in [2.05, 4.69) is 16.8 Å². The second-order valence-corrected chi connectivity index (χ2v) is 5.97. The molecule has 0 aliphatic carbocycles. The molecule has 0 unspecified atom stereocenters. The number of hydrogen-bond donors (Lipinski definition) is 0. The molecule has 0 saturated carbocycles. The van der Waals surface area contributed by atoms with E-state index in [-0.39, 0.29) is 0 Å². The molecule has 23 heavy (non-hydrogen) atoms. The zero-order chi connectivity index (χ0) is 16.3. The van der Waals surface area contributed by atoms with Gasteiger partial charge in [-0.1, -0.05) is 39.0 Å². The van der Waals surface area contributed by atoms with Crippen molar-refractivity contribution in [3.63, 3.8) is 0 Å². The van der Waals surface area contributed by atoms with E-state index < -0.39 is 0 Å².